The summed E-state index contributed by atoms with van der Waals surface area (Å²) >= 11 is 0. The lowest BCUT2D eigenvalue weighted by Crippen LogP contribution is -1.89. The molecule has 2 rings (SSSR count). The molecular weight excluding hydrogens is 339 g/mol. The van der Waals surface area contributed by atoms with E-state index < -0.39 is 23.4 Å². The zero-order chi connectivity index (χ0) is 18.3. The van der Waals surface area contributed by atoms with Crippen molar-refractivity contribution in [3.05, 3.63) is 57.4 Å². The number of phenols is 1. The van der Waals surface area contributed by atoms with Crippen LogP contribution in [0.15, 0.2) is 40.6 Å². The molecule has 0 amide bonds. The molecule has 0 aromatic heterocycles. The van der Waals surface area contributed by atoms with E-state index >= 15 is 0 Å². The Morgan fingerprint density at radius 3 is 2.24 bits per heavy atom. The Kier molecular flexibility index (Phi) is 8.82. The summed E-state index contributed by atoms with van der Waals surface area (Å²) in [5.41, 5.74) is 1.12. The highest BCUT2D eigenvalue weighted by molar-refractivity contribution is 5.59. The molecule has 25 heavy (non-hydrogen) atoms. The predicted molar refractivity (Wildman–Crippen MR) is 88.6 cm³/mol. The number of hydrogen-bond acceptors (Lipinski definition) is 5. The van der Waals surface area contributed by atoms with Gasteiger partial charge in [0.05, 0.1) is 11.0 Å². The molecule has 0 saturated carbocycles. The molecule has 0 atom stereocenters. The van der Waals surface area contributed by atoms with Crippen LogP contribution in [0.2, 0.25) is 0 Å². The number of alkyl halides is 2. The van der Waals surface area contributed by atoms with Crippen LogP contribution in [0.25, 0.3) is 0 Å². The van der Waals surface area contributed by atoms with Gasteiger partial charge in [0.1, 0.15) is 17.3 Å². The number of aryl methyl sites for hydroxylation is 2. The van der Waals surface area contributed by atoms with Crippen LogP contribution >= 0.6 is 0 Å². The number of hydrogen-bond donors (Lipinski definition) is 1. The van der Waals surface area contributed by atoms with E-state index in [2.05, 4.69) is 10.2 Å². The van der Waals surface area contributed by atoms with Gasteiger partial charge in [0.2, 0.25) is 6.93 Å². The Balaban J connectivity index is 0.00000134. The van der Waals surface area contributed by atoms with Gasteiger partial charge in [-0.3, -0.25) is 10.1 Å². The highest BCUT2D eigenvalue weighted by Gasteiger charge is 2.15. The van der Waals surface area contributed by atoms with Crippen LogP contribution < -0.4 is 0 Å². The van der Waals surface area contributed by atoms with Gasteiger partial charge in [0.25, 0.3) is 5.69 Å². The largest absolute Gasteiger partial charge is 0.505 e. The Morgan fingerprint density at radius 1 is 1.12 bits per heavy atom. The van der Waals surface area contributed by atoms with E-state index in [1.807, 2.05) is 6.92 Å². The maximum Gasteiger partial charge on any atom is 0.299 e. The van der Waals surface area contributed by atoms with Crippen LogP contribution in [0, 0.1) is 29.8 Å². The maximum absolute atomic E-state index is 13.0. The van der Waals surface area contributed by atoms with Crippen molar-refractivity contribution >= 4 is 17.1 Å². The topological polar surface area (TPSA) is 88.1 Å². The normalized spacial score (nSPS) is 9.96. The smallest absolute Gasteiger partial charge is 0.299 e. The summed E-state index contributed by atoms with van der Waals surface area (Å²) in [6.07, 6.45) is 0. The summed E-state index contributed by atoms with van der Waals surface area (Å²) < 4.78 is 32.3. The molecule has 0 aliphatic heterocycles. The molecule has 0 radical (unpaired) electrons. The number of nitro benzene ring substituents is 1. The van der Waals surface area contributed by atoms with Gasteiger partial charge in [0, 0.05) is 0 Å². The highest BCUT2D eigenvalue weighted by Crippen LogP contribution is 2.34. The molecule has 0 fully saturated rings. The molecule has 9 heteroatoms. The summed E-state index contributed by atoms with van der Waals surface area (Å²) in [6, 6.07) is 6.37. The average Bonchev–Trinajstić information content (AvgIpc) is 2.51. The van der Waals surface area contributed by atoms with E-state index in [9.17, 15) is 28.4 Å². The van der Waals surface area contributed by atoms with Crippen molar-refractivity contribution in [2.24, 2.45) is 10.2 Å². The minimum atomic E-state index is -1.75. The van der Waals surface area contributed by atoms with E-state index in [0.29, 0.717) is 5.56 Å². The highest BCUT2D eigenvalue weighted by atomic mass is 19.3. The minimum absolute atomic E-state index is 0. The van der Waals surface area contributed by atoms with Crippen molar-refractivity contribution in [1.29, 1.82) is 0 Å². The molecule has 0 spiro atoms. The number of nitrogens with zero attached hydrogens (tertiary/aromatic N) is 3. The summed E-state index contributed by atoms with van der Waals surface area (Å²) in [6.45, 7) is 1.79. The third-order valence-corrected chi connectivity index (χ3v) is 2.82. The molecule has 2 aromatic rings. The second-order valence-corrected chi connectivity index (χ2v) is 4.64. The fraction of sp³-hybridized carbons (Fsp3) is 0.250. The van der Waals surface area contributed by atoms with Crippen molar-refractivity contribution in [2.75, 3.05) is 6.93 Å². The molecule has 1 N–H and O–H groups in total. The van der Waals surface area contributed by atoms with Gasteiger partial charge in [-0.15, -0.1) is 10.2 Å². The first-order chi connectivity index (χ1) is 11.3. The van der Waals surface area contributed by atoms with Crippen molar-refractivity contribution in [3.63, 3.8) is 0 Å². The first-order valence-corrected chi connectivity index (χ1v) is 6.58. The maximum atomic E-state index is 13.0. The van der Waals surface area contributed by atoms with Gasteiger partial charge in [-0.1, -0.05) is 13.5 Å². The van der Waals surface area contributed by atoms with Gasteiger partial charge in [-0.25, -0.2) is 13.2 Å². The van der Waals surface area contributed by atoms with Crippen molar-refractivity contribution < 1.29 is 23.2 Å². The SMILES string of the molecule is C.Cc1cc(C)c(O)c(N=Nc2ccc(F)cc2[N+](=O)[O-])c1.FCF. The molecule has 136 valence electrons. The average molecular weight is 357 g/mol. The van der Waals surface area contributed by atoms with E-state index in [1.54, 1.807) is 19.1 Å². The number of phenolic OH excluding ortho intramolecular Hbond substituents is 1. The van der Waals surface area contributed by atoms with Crippen LogP contribution in [-0.4, -0.2) is 17.0 Å². The number of nitro groups is 1. The Labute approximate surface area is 142 Å². The monoisotopic (exact) mass is 357 g/mol. The number of aromatic hydroxyl groups is 1. The van der Waals surface area contributed by atoms with E-state index in [4.69, 9.17) is 0 Å². The van der Waals surface area contributed by atoms with Crippen LogP contribution in [0.5, 0.6) is 5.75 Å². The van der Waals surface area contributed by atoms with Gasteiger partial charge in [-0.05, 0) is 43.2 Å². The van der Waals surface area contributed by atoms with E-state index in [1.165, 1.54) is 0 Å². The summed E-state index contributed by atoms with van der Waals surface area (Å²) in [4.78, 5) is 10.1. The molecule has 0 aliphatic rings. The fourth-order valence-electron chi connectivity index (χ4n) is 1.85. The molecule has 0 bridgehead atoms. The molecule has 0 aliphatic carbocycles. The Bertz CT molecular complexity index is 768. The number of benzene rings is 2. The number of rotatable bonds is 3. The zero-order valence-corrected chi connectivity index (χ0v) is 12.8. The van der Waals surface area contributed by atoms with Crippen LogP contribution in [-0.2, 0) is 0 Å². The lowest BCUT2D eigenvalue weighted by molar-refractivity contribution is -0.384. The van der Waals surface area contributed by atoms with Gasteiger partial charge in [-0.2, -0.15) is 0 Å². The van der Waals surface area contributed by atoms with Crippen LogP contribution in [0.3, 0.4) is 0 Å². The van der Waals surface area contributed by atoms with E-state index in [0.717, 1.165) is 23.8 Å². The van der Waals surface area contributed by atoms with Crippen molar-refractivity contribution in [1.82, 2.24) is 0 Å². The molecule has 6 nitrogen and oxygen atoms in total. The fourth-order valence-corrected chi connectivity index (χ4v) is 1.85. The molecule has 2 aromatic carbocycles. The summed E-state index contributed by atoms with van der Waals surface area (Å²) in [5.74, 6) is -0.774. The predicted octanol–water partition coefficient (Wildman–Crippen LogP) is 5.99. The summed E-state index contributed by atoms with van der Waals surface area (Å²) in [7, 11) is 0. The lowest BCUT2D eigenvalue weighted by Gasteiger charge is -2.03. The first-order valence-electron chi connectivity index (χ1n) is 6.58. The summed E-state index contributed by atoms with van der Waals surface area (Å²) in [5, 5.41) is 28.3. The van der Waals surface area contributed by atoms with Gasteiger partial charge >= 0.3 is 0 Å². The first kappa shape index (κ1) is 22.0. The molecule has 0 saturated heterocycles. The third-order valence-electron chi connectivity index (χ3n) is 2.82. The Hall–Kier alpha value is -2.97. The van der Waals surface area contributed by atoms with E-state index in [-0.39, 0.29) is 24.6 Å². The lowest BCUT2D eigenvalue weighted by atomic mass is 10.1. The third kappa shape index (κ3) is 6.21. The number of azo groups is 1. The molecule has 0 unspecified atom stereocenters. The second-order valence-electron chi connectivity index (χ2n) is 4.64. The molecule has 0 heterocycles. The number of halogens is 3. The Morgan fingerprint density at radius 2 is 1.68 bits per heavy atom. The molecular formula is C16H18F3N3O3. The van der Waals surface area contributed by atoms with Gasteiger partial charge < -0.3 is 5.11 Å². The van der Waals surface area contributed by atoms with Gasteiger partial charge in [0.15, 0.2) is 5.69 Å². The second kappa shape index (κ2) is 10.0. The minimum Gasteiger partial charge on any atom is -0.505 e. The zero-order valence-electron chi connectivity index (χ0n) is 12.8. The van der Waals surface area contributed by atoms with Crippen molar-refractivity contribution in [3.8, 4) is 5.75 Å². The van der Waals surface area contributed by atoms with Crippen LogP contribution in [0.4, 0.5) is 30.2 Å². The standard InChI is InChI=1S/C14H12FN3O3.CH2F2.CH4/c1-8-5-9(2)14(19)12(6-8)17-16-11-4-3-10(15)7-13(11)18(20)21;2-1-3;/h3-7,19H,1-2H3;1H2;1H4. The quantitative estimate of drug-likeness (QED) is 0.416. The van der Waals surface area contributed by atoms with Crippen molar-refractivity contribution in [2.45, 2.75) is 21.3 Å². The van der Waals surface area contributed by atoms with Crippen LogP contribution in [0.1, 0.15) is 18.6 Å².